The van der Waals surface area contributed by atoms with Crippen molar-refractivity contribution in [2.24, 2.45) is 0 Å². The topological polar surface area (TPSA) is 58.6 Å². The normalized spacial score (nSPS) is 23.7. The molecule has 2 amide bonds. The summed E-state index contributed by atoms with van der Waals surface area (Å²) in [5.74, 6) is 1.48. The first-order valence-electron chi connectivity index (χ1n) is 7.74. The van der Waals surface area contributed by atoms with E-state index in [0.717, 1.165) is 17.9 Å². The van der Waals surface area contributed by atoms with Crippen molar-refractivity contribution in [1.82, 2.24) is 5.32 Å². The van der Waals surface area contributed by atoms with Gasteiger partial charge in [0.25, 0.3) is 0 Å². The molecule has 2 heterocycles. The molecular formula is C17H20N2O3S. The van der Waals surface area contributed by atoms with Crippen LogP contribution in [0.1, 0.15) is 24.8 Å². The van der Waals surface area contributed by atoms with Crippen LogP contribution in [-0.4, -0.2) is 36.9 Å². The molecule has 0 saturated carbocycles. The second kappa shape index (κ2) is 7.08. The molecular weight excluding hydrogens is 312 g/mol. The van der Waals surface area contributed by atoms with E-state index in [0.29, 0.717) is 19.0 Å². The van der Waals surface area contributed by atoms with Crippen molar-refractivity contribution in [3.8, 4) is 0 Å². The van der Waals surface area contributed by atoms with Crippen LogP contribution in [0.2, 0.25) is 0 Å². The third-order valence-corrected chi connectivity index (χ3v) is 4.86. The van der Waals surface area contributed by atoms with E-state index >= 15 is 0 Å². The molecule has 1 unspecified atom stereocenters. The molecule has 23 heavy (non-hydrogen) atoms. The van der Waals surface area contributed by atoms with Gasteiger partial charge in [0.05, 0.1) is 13.1 Å². The van der Waals surface area contributed by atoms with Crippen molar-refractivity contribution in [3.63, 3.8) is 0 Å². The fourth-order valence-electron chi connectivity index (χ4n) is 2.79. The van der Waals surface area contributed by atoms with Gasteiger partial charge in [-0.15, -0.1) is 11.8 Å². The lowest BCUT2D eigenvalue weighted by Crippen LogP contribution is -2.33. The van der Waals surface area contributed by atoms with Crippen molar-refractivity contribution in [3.05, 3.63) is 41.3 Å². The summed E-state index contributed by atoms with van der Waals surface area (Å²) < 4.78 is 5.28. The number of amides is 2. The fourth-order valence-corrected chi connectivity index (χ4v) is 3.61. The first-order valence-corrected chi connectivity index (χ1v) is 8.79. The number of thioether (sulfide) groups is 1. The van der Waals surface area contributed by atoms with Crippen LogP contribution in [0.25, 0.3) is 0 Å². The van der Waals surface area contributed by atoms with E-state index in [9.17, 15) is 9.59 Å². The van der Waals surface area contributed by atoms with Gasteiger partial charge in [-0.1, -0.05) is 18.2 Å². The average molecular weight is 332 g/mol. The Morgan fingerprint density at radius 2 is 2.17 bits per heavy atom. The van der Waals surface area contributed by atoms with Crippen LogP contribution >= 0.6 is 11.8 Å². The molecule has 1 aromatic carbocycles. The number of hydrogen-bond acceptors (Lipinski definition) is 4. The maximum absolute atomic E-state index is 12.0. The third kappa shape index (κ3) is 3.88. The molecule has 5 nitrogen and oxygen atoms in total. The Kier molecular flexibility index (Phi) is 4.91. The summed E-state index contributed by atoms with van der Waals surface area (Å²) >= 11 is 1.84. The molecule has 1 saturated heterocycles. The predicted octanol–water partition coefficient (Wildman–Crippen LogP) is 2.88. The minimum absolute atomic E-state index is 0.123. The average Bonchev–Trinajstić information content (AvgIpc) is 2.95. The lowest BCUT2D eigenvalue weighted by Gasteiger charge is -2.18. The largest absolute Gasteiger partial charge is 0.442 e. The summed E-state index contributed by atoms with van der Waals surface area (Å²) in [7, 11) is 0. The van der Waals surface area contributed by atoms with Gasteiger partial charge < -0.3 is 10.1 Å². The summed E-state index contributed by atoms with van der Waals surface area (Å²) in [5, 5.41) is 4.84. The second-order valence-electron chi connectivity index (χ2n) is 5.74. The quantitative estimate of drug-likeness (QED) is 0.921. The van der Waals surface area contributed by atoms with Gasteiger partial charge in [0.15, 0.2) is 0 Å². The summed E-state index contributed by atoms with van der Waals surface area (Å²) in [5.41, 5.74) is 2.10. The molecule has 1 fully saturated rings. The Morgan fingerprint density at radius 3 is 2.83 bits per heavy atom. The number of carbonyl (C=O) groups is 2. The number of ether oxygens (including phenoxy) is 1. The van der Waals surface area contributed by atoms with Crippen molar-refractivity contribution in [2.45, 2.75) is 25.4 Å². The molecule has 1 aromatic rings. The molecule has 0 bridgehead atoms. The number of nitrogens with one attached hydrogen (secondary N) is 1. The first-order chi connectivity index (χ1) is 11.1. The van der Waals surface area contributed by atoms with Gasteiger partial charge in [-0.2, -0.15) is 0 Å². The number of carbonyl (C=O) groups excluding carboxylic acids is 2. The SMILES string of the molecule is CC(=O)NC[C@H]1CN(c2ccc(C3C=CSCC3)cc2)C(=O)O1. The number of hydrogen-bond donors (Lipinski definition) is 1. The lowest BCUT2D eigenvalue weighted by atomic mass is 9.96. The van der Waals surface area contributed by atoms with Crippen molar-refractivity contribution in [2.75, 3.05) is 23.7 Å². The Bertz CT molecular complexity index is 615. The van der Waals surface area contributed by atoms with Gasteiger partial charge in [-0.05, 0) is 35.3 Å². The molecule has 122 valence electrons. The van der Waals surface area contributed by atoms with Crippen molar-refractivity contribution >= 4 is 29.4 Å². The highest BCUT2D eigenvalue weighted by Gasteiger charge is 2.32. The van der Waals surface area contributed by atoms with Crippen LogP contribution in [0, 0.1) is 0 Å². The lowest BCUT2D eigenvalue weighted by molar-refractivity contribution is -0.119. The highest BCUT2D eigenvalue weighted by atomic mass is 32.2. The number of rotatable bonds is 4. The van der Waals surface area contributed by atoms with Gasteiger partial charge in [0.1, 0.15) is 6.10 Å². The number of benzene rings is 1. The van der Waals surface area contributed by atoms with E-state index in [1.54, 1.807) is 4.90 Å². The van der Waals surface area contributed by atoms with Crippen LogP contribution in [0.15, 0.2) is 35.7 Å². The summed E-state index contributed by atoms with van der Waals surface area (Å²) in [6.45, 7) is 2.25. The minimum atomic E-state index is -0.359. The zero-order valence-corrected chi connectivity index (χ0v) is 13.8. The Hall–Kier alpha value is -1.95. The molecule has 1 N–H and O–H groups in total. The number of cyclic esters (lactones) is 1. The van der Waals surface area contributed by atoms with Gasteiger partial charge in [0, 0.05) is 18.5 Å². The monoisotopic (exact) mass is 332 g/mol. The predicted molar refractivity (Wildman–Crippen MR) is 91.7 cm³/mol. The van der Waals surface area contributed by atoms with E-state index in [2.05, 4.69) is 28.9 Å². The Morgan fingerprint density at radius 1 is 1.39 bits per heavy atom. The van der Waals surface area contributed by atoms with Gasteiger partial charge in [0.2, 0.25) is 5.91 Å². The van der Waals surface area contributed by atoms with Crippen LogP contribution in [-0.2, 0) is 9.53 Å². The number of nitrogens with zero attached hydrogens (tertiary/aromatic N) is 1. The number of allylic oxidation sites excluding steroid dienone is 1. The van der Waals surface area contributed by atoms with Crippen LogP contribution in [0.3, 0.4) is 0 Å². The third-order valence-electron chi connectivity index (χ3n) is 4.04. The smallest absolute Gasteiger partial charge is 0.414 e. The second-order valence-corrected chi connectivity index (χ2v) is 6.75. The fraction of sp³-hybridized carbons (Fsp3) is 0.412. The van der Waals surface area contributed by atoms with E-state index in [-0.39, 0.29) is 18.1 Å². The molecule has 2 atom stereocenters. The molecule has 0 aliphatic carbocycles. The zero-order valence-electron chi connectivity index (χ0n) is 13.0. The molecule has 6 heteroatoms. The highest BCUT2D eigenvalue weighted by molar-refractivity contribution is 8.02. The first kappa shape index (κ1) is 15.9. The molecule has 2 aliphatic heterocycles. The molecule has 2 aliphatic rings. The molecule has 0 aromatic heterocycles. The van der Waals surface area contributed by atoms with E-state index in [1.807, 2.05) is 23.9 Å². The maximum Gasteiger partial charge on any atom is 0.414 e. The van der Waals surface area contributed by atoms with Crippen LogP contribution < -0.4 is 10.2 Å². The molecule has 0 radical (unpaired) electrons. The van der Waals surface area contributed by atoms with E-state index in [1.165, 1.54) is 12.5 Å². The van der Waals surface area contributed by atoms with Crippen molar-refractivity contribution < 1.29 is 14.3 Å². The van der Waals surface area contributed by atoms with Gasteiger partial charge >= 0.3 is 6.09 Å². The number of anilines is 1. The van der Waals surface area contributed by atoms with E-state index in [4.69, 9.17) is 4.74 Å². The zero-order chi connectivity index (χ0) is 16.2. The van der Waals surface area contributed by atoms with Crippen LogP contribution in [0.4, 0.5) is 10.5 Å². The maximum atomic E-state index is 12.0. The summed E-state index contributed by atoms with van der Waals surface area (Å²) in [6.07, 6.45) is 2.72. The van der Waals surface area contributed by atoms with Crippen LogP contribution in [0.5, 0.6) is 0 Å². The molecule has 0 spiro atoms. The summed E-state index contributed by atoms with van der Waals surface area (Å²) in [6, 6.07) is 8.09. The molecule has 3 rings (SSSR count). The standard InChI is InChI=1S/C17H20N2O3S/c1-12(20)18-10-16-11-19(17(21)22-16)15-4-2-13(3-5-15)14-6-8-23-9-7-14/h2-6,8,14,16H,7,9-11H2,1H3,(H,18,20)/t14?,16-/m0/s1. The summed E-state index contributed by atoms with van der Waals surface area (Å²) in [4.78, 5) is 24.6. The van der Waals surface area contributed by atoms with Gasteiger partial charge in [-0.25, -0.2) is 4.79 Å². The Labute approximate surface area is 140 Å². The Balaban J connectivity index is 1.65. The highest BCUT2D eigenvalue weighted by Crippen LogP contribution is 2.30. The van der Waals surface area contributed by atoms with Crippen molar-refractivity contribution in [1.29, 1.82) is 0 Å². The van der Waals surface area contributed by atoms with Gasteiger partial charge in [-0.3, -0.25) is 9.69 Å². The minimum Gasteiger partial charge on any atom is -0.442 e. The van der Waals surface area contributed by atoms with E-state index < -0.39 is 0 Å².